The van der Waals surface area contributed by atoms with Gasteiger partial charge >= 0.3 is 6.03 Å². The van der Waals surface area contributed by atoms with Crippen LogP contribution in [-0.4, -0.2) is 11.7 Å². The largest absolute Gasteiger partial charge is 0.350 e. The fourth-order valence-electron chi connectivity index (χ4n) is 6.02. The van der Waals surface area contributed by atoms with E-state index in [0.717, 1.165) is 30.9 Å². The molecular weight excluding hydrogens is 346 g/mol. The van der Waals surface area contributed by atoms with Crippen molar-refractivity contribution in [3.63, 3.8) is 0 Å². The molecule has 0 unspecified atom stereocenters. The predicted octanol–water partition coefficient (Wildman–Crippen LogP) is 6.34. The van der Waals surface area contributed by atoms with E-state index in [1.54, 1.807) is 0 Å². The normalized spacial score (nSPS) is 30.7. The van der Waals surface area contributed by atoms with Crippen molar-refractivity contribution in [2.24, 2.45) is 33.5 Å². The lowest BCUT2D eigenvalue weighted by Gasteiger charge is -2.58. The average Bonchev–Trinajstić information content (AvgIpc) is 2.58. The Morgan fingerprint density at radius 2 is 2.00 bits per heavy atom. The number of carbonyl (C=O) groups is 1. The van der Waals surface area contributed by atoms with E-state index in [-0.39, 0.29) is 0 Å². The van der Waals surface area contributed by atoms with Crippen LogP contribution in [-0.2, 0) is 0 Å². The number of nitrogens with one attached hydrogen (secondary N) is 1. The SMILES string of the molecule is C=C1CC[C@@H]2C(C)(C)CCC[C@@]2(C)[C@H]1CC/C(C)=C\CC/C(C)=N\NC(N)=O. The molecule has 4 nitrogen and oxygen atoms in total. The second kappa shape index (κ2) is 9.28. The zero-order chi connectivity index (χ0) is 20.9. The summed E-state index contributed by atoms with van der Waals surface area (Å²) in [5, 5.41) is 3.97. The summed E-state index contributed by atoms with van der Waals surface area (Å²) >= 11 is 0. The van der Waals surface area contributed by atoms with Crippen LogP contribution < -0.4 is 11.2 Å². The number of amides is 2. The highest BCUT2D eigenvalue weighted by atomic mass is 16.2. The zero-order valence-corrected chi connectivity index (χ0v) is 18.7. The number of nitrogens with zero attached hydrogens (tertiary/aromatic N) is 1. The lowest BCUT2D eigenvalue weighted by Crippen LogP contribution is -2.49. The number of urea groups is 1. The average molecular weight is 388 g/mol. The van der Waals surface area contributed by atoms with Crippen LogP contribution in [0.5, 0.6) is 0 Å². The molecule has 2 aliphatic rings. The Kier molecular flexibility index (Phi) is 7.52. The van der Waals surface area contributed by atoms with Gasteiger partial charge in [0.25, 0.3) is 0 Å². The van der Waals surface area contributed by atoms with Gasteiger partial charge in [-0.2, -0.15) is 5.10 Å². The second-order valence-electron chi connectivity index (χ2n) is 10.1. The van der Waals surface area contributed by atoms with Crippen molar-refractivity contribution >= 4 is 11.7 Å². The molecule has 0 saturated heterocycles. The number of hydrogen-bond donors (Lipinski definition) is 2. The molecule has 0 aliphatic heterocycles. The summed E-state index contributed by atoms with van der Waals surface area (Å²) in [6, 6.07) is -0.614. The number of primary amides is 1. The Morgan fingerprint density at radius 3 is 2.68 bits per heavy atom. The molecule has 0 aromatic rings. The van der Waals surface area contributed by atoms with Crippen LogP contribution in [0.3, 0.4) is 0 Å². The third-order valence-electron chi connectivity index (χ3n) is 7.50. The zero-order valence-electron chi connectivity index (χ0n) is 18.7. The van der Waals surface area contributed by atoms with E-state index in [2.05, 4.69) is 50.9 Å². The van der Waals surface area contributed by atoms with Gasteiger partial charge in [-0.05, 0) is 87.9 Å². The molecule has 0 radical (unpaired) electrons. The Bertz CT molecular complexity index is 646. The monoisotopic (exact) mass is 387 g/mol. The van der Waals surface area contributed by atoms with Crippen LogP contribution in [0.2, 0.25) is 0 Å². The molecule has 0 heterocycles. The first-order valence-electron chi connectivity index (χ1n) is 11.0. The van der Waals surface area contributed by atoms with Gasteiger partial charge in [0.2, 0.25) is 0 Å². The number of hydrazone groups is 1. The van der Waals surface area contributed by atoms with Crippen LogP contribution in [0, 0.1) is 22.7 Å². The highest BCUT2D eigenvalue weighted by molar-refractivity contribution is 5.83. The van der Waals surface area contributed by atoms with Crippen molar-refractivity contribution in [1.82, 2.24) is 5.43 Å². The molecule has 2 fully saturated rings. The van der Waals surface area contributed by atoms with E-state index in [4.69, 9.17) is 5.73 Å². The number of allylic oxidation sites excluding steroid dienone is 3. The third-order valence-corrected chi connectivity index (χ3v) is 7.50. The van der Waals surface area contributed by atoms with Gasteiger partial charge < -0.3 is 5.73 Å². The van der Waals surface area contributed by atoms with E-state index in [1.165, 1.54) is 49.7 Å². The van der Waals surface area contributed by atoms with Gasteiger partial charge in [0.1, 0.15) is 0 Å². The Morgan fingerprint density at radius 1 is 1.29 bits per heavy atom. The molecule has 3 N–H and O–H groups in total. The molecule has 0 bridgehead atoms. The Labute approximate surface area is 172 Å². The van der Waals surface area contributed by atoms with Crippen molar-refractivity contribution < 1.29 is 4.79 Å². The van der Waals surface area contributed by atoms with Gasteiger partial charge in [-0.3, -0.25) is 0 Å². The van der Waals surface area contributed by atoms with E-state index in [1.807, 2.05) is 6.92 Å². The van der Waals surface area contributed by atoms with Gasteiger partial charge in [-0.15, -0.1) is 0 Å². The predicted molar refractivity (Wildman–Crippen MR) is 119 cm³/mol. The molecule has 0 aromatic heterocycles. The minimum Gasteiger partial charge on any atom is -0.350 e. The third kappa shape index (κ3) is 5.48. The summed E-state index contributed by atoms with van der Waals surface area (Å²) in [6.07, 6.45) is 13.1. The molecule has 2 aliphatic carbocycles. The molecule has 2 rings (SSSR count). The molecule has 3 atom stereocenters. The highest BCUT2D eigenvalue weighted by Gasteiger charge is 2.52. The van der Waals surface area contributed by atoms with Gasteiger partial charge in [0, 0.05) is 5.71 Å². The molecule has 4 heteroatoms. The summed E-state index contributed by atoms with van der Waals surface area (Å²) in [5.41, 5.74) is 12.0. The number of rotatable bonds is 7. The summed E-state index contributed by atoms with van der Waals surface area (Å²) in [7, 11) is 0. The summed E-state index contributed by atoms with van der Waals surface area (Å²) in [5.74, 6) is 1.47. The number of carbonyl (C=O) groups excluding carboxylic acids is 1. The van der Waals surface area contributed by atoms with Crippen molar-refractivity contribution in [2.45, 2.75) is 92.4 Å². The second-order valence-corrected chi connectivity index (χ2v) is 10.1. The first-order chi connectivity index (χ1) is 13.1. The molecular formula is C24H41N3O. The number of nitrogens with two attached hydrogens (primary N) is 1. The standard InChI is InChI=1S/C24H41N3O/c1-17(9-7-10-19(3)26-27-22(25)28)11-13-20-18(2)12-14-21-23(4,5)15-8-16-24(20,21)6/h9,20-21H,2,7-8,10-16H2,1,3-6H3,(H3,25,27,28)/b17-9-,26-19-/t20-,21+,24-/m0/s1. The van der Waals surface area contributed by atoms with Crippen LogP contribution in [0.25, 0.3) is 0 Å². The highest BCUT2D eigenvalue weighted by Crippen LogP contribution is 2.61. The summed E-state index contributed by atoms with van der Waals surface area (Å²) < 4.78 is 0. The van der Waals surface area contributed by atoms with Crippen LogP contribution in [0.4, 0.5) is 4.79 Å². The topological polar surface area (TPSA) is 67.5 Å². The molecule has 158 valence electrons. The Balaban J connectivity index is 1.93. The van der Waals surface area contributed by atoms with Crippen molar-refractivity contribution in [1.29, 1.82) is 0 Å². The smallest absolute Gasteiger partial charge is 0.332 e. The summed E-state index contributed by atoms with van der Waals surface area (Å²) in [4.78, 5) is 10.7. The van der Waals surface area contributed by atoms with Gasteiger partial charge in [-0.25, -0.2) is 10.2 Å². The maximum Gasteiger partial charge on any atom is 0.332 e. The fourth-order valence-corrected chi connectivity index (χ4v) is 6.02. The molecule has 28 heavy (non-hydrogen) atoms. The molecule has 2 saturated carbocycles. The van der Waals surface area contributed by atoms with Crippen LogP contribution in [0.15, 0.2) is 28.9 Å². The van der Waals surface area contributed by atoms with Gasteiger partial charge in [-0.1, -0.05) is 51.0 Å². The maximum atomic E-state index is 10.7. The van der Waals surface area contributed by atoms with E-state index in [0.29, 0.717) is 16.7 Å². The van der Waals surface area contributed by atoms with Gasteiger partial charge in [0.05, 0.1) is 0 Å². The maximum absolute atomic E-state index is 10.7. The van der Waals surface area contributed by atoms with Crippen LogP contribution >= 0.6 is 0 Å². The molecule has 2 amide bonds. The van der Waals surface area contributed by atoms with Crippen molar-refractivity contribution in [2.75, 3.05) is 0 Å². The van der Waals surface area contributed by atoms with Gasteiger partial charge in [0.15, 0.2) is 0 Å². The van der Waals surface area contributed by atoms with Crippen molar-refractivity contribution in [3.8, 4) is 0 Å². The lowest BCUT2D eigenvalue weighted by atomic mass is 9.47. The summed E-state index contributed by atoms with van der Waals surface area (Å²) in [6.45, 7) is 16.2. The van der Waals surface area contributed by atoms with E-state index >= 15 is 0 Å². The number of fused-ring (bicyclic) bond motifs is 1. The van der Waals surface area contributed by atoms with Crippen LogP contribution in [0.1, 0.15) is 92.4 Å². The van der Waals surface area contributed by atoms with Crippen molar-refractivity contribution in [3.05, 3.63) is 23.8 Å². The molecule has 0 spiro atoms. The van der Waals surface area contributed by atoms with E-state index in [9.17, 15) is 4.79 Å². The first kappa shape index (κ1) is 22.7. The quantitative estimate of drug-likeness (QED) is 0.299. The minimum atomic E-state index is -0.614. The fraction of sp³-hybridized carbons (Fsp3) is 0.750. The minimum absolute atomic E-state index is 0.418. The van der Waals surface area contributed by atoms with E-state index < -0.39 is 6.03 Å². The first-order valence-corrected chi connectivity index (χ1v) is 11.0. The Hall–Kier alpha value is -1.58. The number of hydrogen-bond acceptors (Lipinski definition) is 2. The molecule has 0 aromatic carbocycles. The lowest BCUT2D eigenvalue weighted by molar-refractivity contribution is -0.0539.